The van der Waals surface area contributed by atoms with E-state index in [2.05, 4.69) is 12.1 Å². The van der Waals surface area contributed by atoms with Gasteiger partial charge in [0.2, 0.25) is 0 Å². The number of hydrogen-bond acceptors (Lipinski definition) is 3. The van der Waals surface area contributed by atoms with Gasteiger partial charge in [-0.05, 0) is 37.2 Å². The molecule has 0 spiro atoms. The van der Waals surface area contributed by atoms with Crippen molar-refractivity contribution in [3.63, 3.8) is 0 Å². The fourth-order valence-electron chi connectivity index (χ4n) is 2.50. The molecule has 1 aliphatic carbocycles. The first-order chi connectivity index (χ1) is 8.72. The van der Waals surface area contributed by atoms with Crippen LogP contribution in [0.5, 0.6) is 0 Å². The Labute approximate surface area is 121 Å². The van der Waals surface area contributed by atoms with E-state index in [1.807, 2.05) is 18.2 Å². The Balaban J connectivity index is 0.00000180. The van der Waals surface area contributed by atoms with Crippen LogP contribution >= 0.6 is 12.4 Å². The van der Waals surface area contributed by atoms with Crippen LogP contribution < -0.4 is 5.73 Å². The van der Waals surface area contributed by atoms with Crippen molar-refractivity contribution in [2.24, 2.45) is 11.7 Å². The summed E-state index contributed by atoms with van der Waals surface area (Å²) in [5.74, 6) is 0.570. The normalized spacial score (nSPS) is 26.7. The van der Waals surface area contributed by atoms with Gasteiger partial charge >= 0.3 is 0 Å². The Morgan fingerprint density at radius 1 is 1.21 bits per heavy atom. The van der Waals surface area contributed by atoms with E-state index >= 15 is 0 Å². The van der Waals surface area contributed by atoms with Crippen molar-refractivity contribution in [2.45, 2.75) is 37.9 Å². The van der Waals surface area contributed by atoms with Crippen LogP contribution in [0.4, 0.5) is 0 Å². The van der Waals surface area contributed by atoms with Crippen LogP contribution in [0.25, 0.3) is 0 Å². The Hall–Kier alpha value is -0.610. The number of rotatable bonds is 5. The quantitative estimate of drug-likeness (QED) is 0.874. The average molecular weight is 286 g/mol. The Morgan fingerprint density at radius 3 is 2.42 bits per heavy atom. The van der Waals surface area contributed by atoms with Crippen molar-refractivity contribution in [1.29, 1.82) is 0 Å². The second-order valence-electron chi connectivity index (χ2n) is 5.37. The number of ether oxygens (including phenoxy) is 1. The lowest BCUT2D eigenvalue weighted by atomic mass is 9.79. The molecule has 0 radical (unpaired) electrons. The first-order valence-electron chi connectivity index (χ1n) is 6.76. The minimum absolute atomic E-state index is 0. The van der Waals surface area contributed by atoms with Crippen molar-refractivity contribution in [3.8, 4) is 0 Å². The van der Waals surface area contributed by atoms with Gasteiger partial charge in [-0.1, -0.05) is 30.3 Å². The molecular weight excluding hydrogens is 262 g/mol. The van der Waals surface area contributed by atoms with Crippen molar-refractivity contribution < 1.29 is 9.84 Å². The molecule has 0 amide bonds. The molecule has 3 N–H and O–H groups in total. The summed E-state index contributed by atoms with van der Waals surface area (Å²) >= 11 is 0. The van der Waals surface area contributed by atoms with Gasteiger partial charge in [-0.15, -0.1) is 12.4 Å². The monoisotopic (exact) mass is 285 g/mol. The van der Waals surface area contributed by atoms with Crippen LogP contribution in [0.15, 0.2) is 30.3 Å². The Morgan fingerprint density at radius 2 is 1.84 bits per heavy atom. The lowest BCUT2D eigenvalue weighted by molar-refractivity contribution is -0.0191. The number of nitrogens with two attached hydrogens (primary N) is 1. The van der Waals surface area contributed by atoms with Gasteiger partial charge in [0.05, 0.1) is 12.2 Å². The standard InChI is InChI=1S/C15H23NO2.ClH/c16-12-15(17)8-6-14(7-9-15)11-18-10-13-4-2-1-3-5-13;/h1-5,14,17H,6-12,16H2;1H/t14-,15-;. The predicted molar refractivity (Wildman–Crippen MR) is 79.3 cm³/mol. The Bertz CT molecular complexity index is 350. The van der Waals surface area contributed by atoms with E-state index in [0.717, 1.165) is 32.3 Å². The van der Waals surface area contributed by atoms with E-state index in [0.29, 0.717) is 19.1 Å². The SMILES string of the molecule is Cl.NC[C@]1(O)CC[C@H](COCc2ccccc2)CC1. The topological polar surface area (TPSA) is 55.5 Å². The van der Waals surface area contributed by atoms with Crippen LogP contribution in [-0.4, -0.2) is 23.9 Å². The van der Waals surface area contributed by atoms with Crippen LogP contribution in [0, 0.1) is 5.92 Å². The molecule has 0 saturated heterocycles. The lowest BCUT2D eigenvalue weighted by Gasteiger charge is -2.34. The smallest absolute Gasteiger partial charge is 0.0769 e. The molecule has 108 valence electrons. The summed E-state index contributed by atoms with van der Waals surface area (Å²) in [6.07, 6.45) is 3.65. The van der Waals surface area contributed by atoms with Crippen LogP contribution in [-0.2, 0) is 11.3 Å². The van der Waals surface area contributed by atoms with Gasteiger partial charge in [-0.2, -0.15) is 0 Å². The highest BCUT2D eigenvalue weighted by atomic mass is 35.5. The molecule has 0 aromatic heterocycles. The summed E-state index contributed by atoms with van der Waals surface area (Å²) in [6, 6.07) is 10.2. The molecule has 0 heterocycles. The van der Waals surface area contributed by atoms with E-state index in [-0.39, 0.29) is 12.4 Å². The molecule has 0 aliphatic heterocycles. The zero-order valence-electron chi connectivity index (χ0n) is 11.3. The molecule has 0 unspecified atom stereocenters. The van der Waals surface area contributed by atoms with Gasteiger partial charge in [0.25, 0.3) is 0 Å². The summed E-state index contributed by atoms with van der Waals surface area (Å²) < 4.78 is 5.75. The minimum atomic E-state index is -0.615. The fourth-order valence-corrected chi connectivity index (χ4v) is 2.50. The van der Waals surface area contributed by atoms with Crippen LogP contribution in [0.3, 0.4) is 0 Å². The van der Waals surface area contributed by atoms with Gasteiger partial charge in [0.1, 0.15) is 0 Å². The summed E-state index contributed by atoms with van der Waals surface area (Å²) in [6.45, 7) is 1.85. The summed E-state index contributed by atoms with van der Waals surface area (Å²) in [5, 5.41) is 10.0. The predicted octanol–water partition coefficient (Wildman–Crippen LogP) is 2.51. The second-order valence-corrected chi connectivity index (χ2v) is 5.37. The van der Waals surface area contributed by atoms with Gasteiger partial charge < -0.3 is 15.6 Å². The highest BCUT2D eigenvalue weighted by Gasteiger charge is 2.31. The minimum Gasteiger partial charge on any atom is -0.389 e. The Kier molecular flexibility index (Phi) is 6.80. The largest absolute Gasteiger partial charge is 0.389 e. The number of hydrogen-bond donors (Lipinski definition) is 2. The maximum absolute atomic E-state index is 10.0. The third kappa shape index (κ3) is 5.11. The van der Waals surface area contributed by atoms with Crippen LogP contribution in [0.1, 0.15) is 31.2 Å². The molecule has 4 heteroatoms. The van der Waals surface area contributed by atoms with E-state index < -0.39 is 5.60 Å². The molecule has 0 atom stereocenters. The summed E-state index contributed by atoms with van der Waals surface area (Å²) in [5.41, 5.74) is 6.18. The van der Waals surface area contributed by atoms with Crippen LogP contribution in [0.2, 0.25) is 0 Å². The molecule has 1 fully saturated rings. The third-order valence-corrected chi connectivity index (χ3v) is 3.88. The average Bonchev–Trinajstić information content (AvgIpc) is 2.42. The maximum Gasteiger partial charge on any atom is 0.0769 e. The van der Waals surface area contributed by atoms with E-state index in [1.54, 1.807) is 0 Å². The molecule has 1 saturated carbocycles. The maximum atomic E-state index is 10.0. The molecule has 2 rings (SSSR count). The molecule has 19 heavy (non-hydrogen) atoms. The van der Waals surface area contributed by atoms with Gasteiger partial charge in [0, 0.05) is 13.2 Å². The molecule has 1 aromatic rings. The molecule has 0 bridgehead atoms. The second kappa shape index (κ2) is 7.85. The first-order valence-corrected chi connectivity index (χ1v) is 6.76. The molecule has 3 nitrogen and oxygen atoms in total. The van der Waals surface area contributed by atoms with Crippen molar-refractivity contribution >= 4 is 12.4 Å². The van der Waals surface area contributed by atoms with Crippen molar-refractivity contribution in [3.05, 3.63) is 35.9 Å². The van der Waals surface area contributed by atoms with Gasteiger partial charge in [0.15, 0.2) is 0 Å². The van der Waals surface area contributed by atoms with Crippen molar-refractivity contribution in [2.75, 3.05) is 13.2 Å². The number of halogens is 1. The summed E-state index contributed by atoms with van der Waals surface area (Å²) in [7, 11) is 0. The van der Waals surface area contributed by atoms with E-state index in [4.69, 9.17) is 10.5 Å². The highest BCUT2D eigenvalue weighted by molar-refractivity contribution is 5.85. The fraction of sp³-hybridized carbons (Fsp3) is 0.600. The third-order valence-electron chi connectivity index (χ3n) is 3.88. The van der Waals surface area contributed by atoms with E-state index in [9.17, 15) is 5.11 Å². The van der Waals surface area contributed by atoms with Gasteiger partial charge in [-0.25, -0.2) is 0 Å². The number of aliphatic hydroxyl groups is 1. The zero-order valence-corrected chi connectivity index (χ0v) is 12.1. The summed E-state index contributed by atoms with van der Waals surface area (Å²) in [4.78, 5) is 0. The molecular formula is C15H24ClNO2. The molecule has 1 aromatic carbocycles. The van der Waals surface area contributed by atoms with Gasteiger partial charge in [-0.3, -0.25) is 0 Å². The van der Waals surface area contributed by atoms with E-state index in [1.165, 1.54) is 5.56 Å². The first kappa shape index (κ1) is 16.4. The number of benzene rings is 1. The lowest BCUT2D eigenvalue weighted by Crippen LogP contribution is -2.41. The highest BCUT2D eigenvalue weighted by Crippen LogP contribution is 2.31. The zero-order chi connectivity index (χ0) is 12.8. The molecule has 1 aliphatic rings. The van der Waals surface area contributed by atoms with Crippen molar-refractivity contribution in [1.82, 2.24) is 0 Å².